The summed E-state index contributed by atoms with van der Waals surface area (Å²) in [4.78, 5) is 16.6. The molecule has 9 nitrogen and oxygen atoms in total. The Balaban J connectivity index is 1.55. The first-order chi connectivity index (χ1) is 14.2. The third kappa shape index (κ3) is 4.70. The first-order valence-corrected chi connectivity index (χ1v) is 11.0. The Hall–Kier alpha value is -2.74. The van der Waals surface area contributed by atoms with Crippen molar-refractivity contribution in [3.05, 3.63) is 46.8 Å². The zero-order valence-electron chi connectivity index (χ0n) is 17.3. The Morgan fingerprint density at radius 3 is 2.37 bits per heavy atom. The number of rotatable bonds is 6. The van der Waals surface area contributed by atoms with Crippen molar-refractivity contribution in [1.29, 1.82) is 5.26 Å². The highest BCUT2D eigenvalue weighted by atomic mass is 32.2. The lowest BCUT2D eigenvalue weighted by Crippen LogP contribution is -2.51. The maximum Gasteiger partial charge on any atom is 0.243 e. The maximum absolute atomic E-state index is 12.7. The van der Waals surface area contributed by atoms with Gasteiger partial charge in [-0.2, -0.15) is 9.57 Å². The predicted octanol–water partition coefficient (Wildman–Crippen LogP) is 1.13. The van der Waals surface area contributed by atoms with Crippen LogP contribution in [0.25, 0.3) is 0 Å². The third-order valence-corrected chi connectivity index (χ3v) is 7.16. The Morgan fingerprint density at radius 1 is 1.20 bits per heavy atom. The highest BCUT2D eigenvalue weighted by Crippen LogP contribution is 2.18. The molecule has 3 rings (SSSR count). The zero-order chi connectivity index (χ0) is 21.9. The summed E-state index contributed by atoms with van der Waals surface area (Å²) in [5, 5.41) is 12.8. The summed E-state index contributed by atoms with van der Waals surface area (Å²) >= 11 is 0. The second kappa shape index (κ2) is 8.95. The zero-order valence-corrected chi connectivity index (χ0v) is 18.1. The van der Waals surface area contributed by atoms with Gasteiger partial charge in [0.2, 0.25) is 15.9 Å². The summed E-state index contributed by atoms with van der Waals surface area (Å²) in [6.07, 6.45) is 0. The molecule has 160 valence electrons. The van der Waals surface area contributed by atoms with E-state index >= 15 is 0 Å². The SMILES string of the molecule is Cc1noc(C)c1CN1CCN(C(=O)CN(C)S(=O)(=O)c2ccc(C#N)cc2)CC1. The van der Waals surface area contributed by atoms with Crippen LogP contribution in [0.3, 0.4) is 0 Å². The molecule has 1 amide bonds. The van der Waals surface area contributed by atoms with Crippen LogP contribution in [0.4, 0.5) is 0 Å². The number of likely N-dealkylation sites (N-methyl/N-ethyl adjacent to an activating group) is 1. The van der Waals surface area contributed by atoms with Crippen molar-refractivity contribution in [2.75, 3.05) is 39.8 Å². The fourth-order valence-corrected chi connectivity index (χ4v) is 4.48. The Kier molecular flexibility index (Phi) is 6.55. The second-order valence-electron chi connectivity index (χ2n) is 7.36. The number of nitrogens with zero attached hydrogens (tertiary/aromatic N) is 5. The molecule has 1 aromatic heterocycles. The monoisotopic (exact) mass is 431 g/mol. The van der Waals surface area contributed by atoms with Crippen LogP contribution in [-0.4, -0.2) is 73.4 Å². The van der Waals surface area contributed by atoms with Crippen molar-refractivity contribution in [1.82, 2.24) is 19.3 Å². The first-order valence-electron chi connectivity index (χ1n) is 9.60. The number of aromatic nitrogens is 1. The summed E-state index contributed by atoms with van der Waals surface area (Å²) in [6, 6.07) is 7.60. The molecule has 30 heavy (non-hydrogen) atoms. The van der Waals surface area contributed by atoms with Gasteiger partial charge in [0, 0.05) is 45.3 Å². The first kappa shape index (κ1) is 22.0. The number of hydrogen-bond acceptors (Lipinski definition) is 7. The number of sulfonamides is 1. The molecular formula is C20H25N5O4S. The largest absolute Gasteiger partial charge is 0.361 e. The van der Waals surface area contributed by atoms with Gasteiger partial charge in [-0.05, 0) is 38.1 Å². The smallest absolute Gasteiger partial charge is 0.243 e. The molecule has 0 bridgehead atoms. The number of nitriles is 1. The lowest BCUT2D eigenvalue weighted by atomic mass is 10.2. The van der Waals surface area contributed by atoms with Gasteiger partial charge in [-0.1, -0.05) is 5.16 Å². The van der Waals surface area contributed by atoms with E-state index in [9.17, 15) is 13.2 Å². The number of benzene rings is 1. The van der Waals surface area contributed by atoms with E-state index in [1.165, 1.54) is 31.3 Å². The van der Waals surface area contributed by atoms with Crippen LogP contribution in [0, 0.1) is 25.2 Å². The van der Waals surface area contributed by atoms with Gasteiger partial charge in [0.25, 0.3) is 0 Å². The number of amides is 1. The quantitative estimate of drug-likeness (QED) is 0.674. The molecule has 0 aliphatic carbocycles. The molecule has 1 fully saturated rings. The van der Waals surface area contributed by atoms with Crippen LogP contribution < -0.4 is 0 Å². The van der Waals surface area contributed by atoms with Crippen molar-refractivity contribution in [3.8, 4) is 6.07 Å². The summed E-state index contributed by atoms with van der Waals surface area (Å²) in [7, 11) is -2.42. The summed E-state index contributed by atoms with van der Waals surface area (Å²) in [5.74, 6) is 0.576. The molecule has 1 saturated heterocycles. The number of carbonyl (C=O) groups excluding carboxylic acids is 1. The lowest BCUT2D eigenvalue weighted by Gasteiger charge is -2.35. The highest BCUT2D eigenvalue weighted by molar-refractivity contribution is 7.89. The molecular weight excluding hydrogens is 406 g/mol. The molecule has 0 N–H and O–H groups in total. The van der Waals surface area contributed by atoms with Gasteiger partial charge in [0.05, 0.1) is 28.8 Å². The summed E-state index contributed by atoms with van der Waals surface area (Å²) in [5.41, 5.74) is 2.32. The van der Waals surface area contributed by atoms with Gasteiger partial charge in [0.1, 0.15) is 5.76 Å². The van der Waals surface area contributed by atoms with E-state index in [4.69, 9.17) is 9.78 Å². The minimum absolute atomic E-state index is 0.0566. The summed E-state index contributed by atoms with van der Waals surface area (Å²) < 4.78 is 31.6. The molecule has 0 radical (unpaired) electrons. The maximum atomic E-state index is 12.7. The third-order valence-electron chi connectivity index (χ3n) is 5.34. The molecule has 1 aliphatic rings. The van der Waals surface area contributed by atoms with Crippen LogP contribution in [0.5, 0.6) is 0 Å². The van der Waals surface area contributed by atoms with E-state index in [1.807, 2.05) is 19.9 Å². The van der Waals surface area contributed by atoms with Gasteiger partial charge >= 0.3 is 0 Å². The van der Waals surface area contributed by atoms with Crippen LogP contribution >= 0.6 is 0 Å². The van der Waals surface area contributed by atoms with Gasteiger partial charge in [-0.3, -0.25) is 9.69 Å². The Labute approximate surface area is 176 Å². The summed E-state index contributed by atoms with van der Waals surface area (Å²) in [6.45, 7) is 6.75. The van der Waals surface area contributed by atoms with E-state index in [-0.39, 0.29) is 17.3 Å². The number of piperazine rings is 1. The van der Waals surface area contributed by atoms with Gasteiger partial charge < -0.3 is 9.42 Å². The average Bonchev–Trinajstić information content (AvgIpc) is 3.06. The fraction of sp³-hybridized carbons (Fsp3) is 0.450. The molecule has 1 aliphatic heterocycles. The Morgan fingerprint density at radius 2 is 1.83 bits per heavy atom. The van der Waals surface area contributed by atoms with Crippen molar-refractivity contribution in [2.45, 2.75) is 25.3 Å². The second-order valence-corrected chi connectivity index (χ2v) is 9.40. The van der Waals surface area contributed by atoms with Gasteiger partial charge in [-0.25, -0.2) is 8.42 Å². The molecule has 2 heterocycles. The van der Waals surface area contributed by atoms with Crippen LogP contribution in [0.1, 0.15) is 22.6 Å². The van der Waals surface area contributed by atoms with Crippen molar-refractivity contribution in [3.63, 3.8) is 0 Å². The Bertz CT molecular complexity index is 1030. The van der Waals surface area contributed by atoms with E-state index in [0.29, 0.717) is 31.7 Å². The van der Waals surface area contributed by atoms with Crippen LogP contribution in [0.2, 0.25) is 0 Å². The molecule has 2 aromatic rings. The lowest BCUT2D eigenvalue weighted by molar-refractivity contribution is -0.133. The molecule has 10 heteroatoms. The minimum atomic E-state index is -3.80. The van der Waals surface area contributed by atoms with E-state index in [0.717, 1.165) is 27.9 Å². The minimum Gasteiger partial charge on any atom is -0.361 e. The highest BCUT2D eigenvalue weighted by Gasteiger charge is 2.27. The van der Waals surface area contributed by atoms with Crippen LogP contribution in [-0.2, 0) is 21.4 Å². The topological polar surface area (TPSA) is 111 Å². The van der Waals surface area contributed by atoms with E-state index in [1.54, 1.807) is 4.90 Å². The predicted molar refractivity (Wildman–Crippen MR) is 109 cm³/mol. The molecule has 1 aromatic carbocycles. The number of carbonyl (C=O) groups is 1. The number of aryl methyl sites for hydroxylation is 2. The van der Waals surface area contributed by atoms with Crippen molar-refractivity contribution in [2.24, 2.45) is 0 Å². The molecule has 0 saturated carbocycles. The molecule has 0 unspecified atom stereocenters. The fourth-order valence-electron chi connectivity index (χ4n) is 3.36. The van der Waals surface area contributed by atoms with Gasteiger partial charge in [0.15, 0.2) is 0 Å². The van der Waals surface area contributed by atoms with Crippen molar-refractivity contribution < 1.29 is 17.7 Å². The van der Waals surface area contributed by atoms with Gasteiger partial charge in [-0.15, -0.1) is 0 Å². The van der Waals surface area contributed by atoms with Crippen LogP contribution in [0.15, 0.2) is 33.7 Å². The number of hydrogen-bond donors (Lipinski definition) is 0. The molecule has 0 atom stereocenters. The normalized spacial score (nSPS) is 15.4. The van der Waals surface area contributed by atoms with E-state index < -0.39 is 10.0 Å². The molecule has 0 spiro atoms. The van der Waals surface area contributed by atoms with Crippen molar-refractivity contribution >= 4 is 15.9 Å². The average molecular weight is 432 g/mol. The standard InChI is InChI=1S/C20H25N5O4S/c1-15-19(16(2)29-22-15)13-24-8-10-25(11-9-24)20(26)14-23(3)30(27,28)18-6-4-17(12-21)5-7-18/h4-7H,8-11,13-14H2,1-3H3. The van der Waals surface area contributed by atoms with E-state index in [2.05, 4.69) is 10.1 Å².